The van der Waals surface area contributed by atoms with Crippen molar-refractivity contribution in [2.24, 2.45) is 0 Å². The second-order valence-corrected chi connectivity index (χ2v) is 8.82. The molecule has 0 radical (unpaired) electrons. The van der Waals surface area contributed by atoms with E-state index in [9.17, 15) is 14.7 Å². The Morgan fingerprint density at radius 2 is 2.06 bits per heavy atom. The third-order valence-corrected chi connectivity index (χ3v) is 6.54. The topological polar surface area (TPSA) is 85.3 Å². The average molecular weight is 450 g/mol. The van der Waals surface area contributed by atoms with E-state index in [-0.39, 0.29) is 23.5 Å². The summed E-state index contributed by atoms with van der Waals surface area (Å²) in [5, 5.41) is 11.3. The first kappa shape index (κ1) is 21.5. The van der Waals surface area contributed by atoms with E-state index in [1.54, 1.807) is 31.4 Å². The highest BCUT2D eigenvalue weighted by Crippen LogP contribution is 2.41. The number of ether oxygens (including phenoxy) is 3. The van der Waals surface area contributed by atoms with Crippen molar-refractivity contribution in [2.45, 2.75) is 44.4 Å². The number of aliphatic hydroxyl groups is 1. The highest BCUT2D eigenvalue weighted by atomic mass is 16.5. The number of benzene rings is 2. The first-order chi connectivity index (χ1) is 16.0. The Morgan fingerprint density at radius 3 is 2.82 bits per heavy atom. The molecule has 2 aromatic rings. The van der Waals surface area contributed by atoms with E-state index in [0.717, 1.165) is 30.6 Å². The number of rotatable bonds is 5. The van der Waals surface area contributed by atoms with Gasteiger partial charge >= 0.3 is 0 Å². The third kappa shape index (κ3) is 3.86. The summed E-state index contributed by atoms with van der Waals surface area (Å²) in [4.78, 5) is 27.9. The fraction of sp³-hybridized carbons (Fsp3) is 0.385. The molecule has 2 fully saturated rings. The quantitative estimate of drug-likeness (QED) is 0.426. The standard InChI is InChI=1S/C26H27NO6/c1-15-11-18-12-17(8-9-21(18)33-15)24(28)22-23(16-5-3-6-19(13-16)31-2)27(26(30)25(22)29)14-20-7-4-10-32-20/h3,5-6,8-9,12-13,15,20,23,28H,4,7,10-11,14H2,1-2H3/t15-,20-,23+/m0/s1. The Labute approximate surface area is 192 Å². The molecule has 0 bridgehead atoms. The summed E-state index contributed by atoms with van der Waals surface area (Å²) in [6.45, 7) is 2.92. The zero-order chi connectivity index (χ0) is 23.1. The molecule has 33 heavy (non-hydrogen) atoms. The van der Waals surface area contributed by atoms with E-state index in [2.05, 4.69) is 0 Å². The Bertz CT molecular complexity index is 1130. The molecule has 3 aliphatic heterocycles. The number of carbonyl (C=O) groups is 2. The normalized spacial score (nSPS) is 25.9. The van der Waals surface area contributed by atoms with E-state index in [4.69, 9.17) is 14.2 Å². The minimum Gasteiger partial charge on any atom is -0.507 e. The van der Waals surface area contributed by atoms with Gasteiger partial charge in [0.15, 0.2) is 0 Å². The van der Waals surface area contributed by atoms with Gasteiger partial charge in [-0.15, -0.1) is 0 Å². The van der Waals surface area contributed by atoms with Gasteiger partial charge in [-0.25, -0.2) is 0 Å². The lowest BCUT2D eigenvalue weighted by molar-refractivity contribution is -0.140. The average Bonchev–Trinajstić information content (AvgIpc) is 3.52. The number of hydrogen-bond acceptors (Lipinski definition) is 6. The third-order valence-electron chi connectivity index (χ3n) is 6.54. The van der Waals surface area contributed by atoms with Gasteiger partial charge in [0.1, 0.15) is 23.4 Å². The van der Waals surface area contributed by atoms with Crippen molar-refractivity contribution in [3.8, 4) is 11.5 Å². The van der Waals surface area contributed by atoms with Crippen LogP contribution in [0.25, 0.3) is 5.76 Å². The van der Waals surface area contributed by atoms with Gasteiger partial charge in [0.25, 0.3) is 11.7 Å². The summed E-state index contributed by atoms with van der Waals surface area (Å²) < 4.78 is 16.9. The van der Waals surface area contributed by atoms with Crippen LogP contribution in [0.1, 0.15) is 42.5 Å². The minimum absolute atomic E-state index is 0.0613. The van der Waals surface area contributed by atoms with E-state index >= 15 is 0 Å². The second kappa shape index (κ2) is 8.56. The minimum atomic E-state index is -0.729. The number of nitrogens with zero attached hydrogens (tertiary/aromatic N) is 1. The van der Waals surface area contributed by atoms with Crippen molar-refractivity contribution >= 4 is 17.4 Å². The predicted octanol–water partition coefficient (Wildman–Crippen LogP) is 3.62. The van der Waals surface area contributed by atoms with Crippen LogP contribution in [-0.4, -0.2) is 54.2 Å². The lowest BCUT2D eigenvalue weighted by Gasteiger charge is -2.27. The number of aliphatic hydroxyl groups excluding tert-OH is 1. The van der Waals surface area contributed by atoms with Gasteiger partial charge in [-0.3, -0.25) is 9.59 Å². The first-order valence-corrected chi connectivity index (χ1v) is 11.3. The lowest BCUT2D eigenvalue weighted by Crippen LogP contribution is -2.36. The van der Waals surface area contributed by atoms with Crippen molar-refractivity contribution in [3.63, 3.8) is 0 Å². The van der Waals surface area contributed by atoms with Crippen molar-refractivity contribution in [3.05, 3.63) is 64.7 Å². The van der Waals surface area contributed by atoms with Crippen molar-refractivity contribution in [1.29, 1.82) is 0 Å². The molecule has 2 aromatic carbocycles. The van der Waals surface area contributed by atoms with Gasteiger partial charge in [-0.2, -0.15) is 0 Å². The molecule has 3 aliphatic rings. The maximum Gasteiger partial charge on any atom is 0.295 e. The van der Waals surface area contributed by atoms with E-state index in [1.807, 2.05) is 25.1 Å². The molecule has 7 heteroatoms. The number of likely N-dealkylation sites (tertiary alicyclic amines) is 1. The van der Waals surface area contributed by atoms with Crippen LogP contribution in [0.5, 0.6) is 11.5 Å². The molecule has 1 N–H and O–H groups in total. The highest BCUT2D eigenvalue weighted by Gasteiger charge is 2.47. The Morgan fingerprint density at radius 1 is 1.21 bits per heavy atom. The number of Topliss-reactive ketones (excluding diaryl/α,β-unsaturated/α-hetero) is 1. The monoisotopic (exact) mass is 449 g/mol. The molecule has 0 spiro atoms. The Balaban J connectivity index is 1.61. The molecule has 0 aliphatic carbocycles. The van der Waals surface area contributed by atoms with Crippen LogP contribution in [0.4, 0.5) is 0 Å². The summed E-state index contributed by atoms with van der Waals surface area (Å²) in [6.07, 6.45) is 2.41. The molecule has 2 saturated heterocycles. The number of carbonyl (C=O) groups excluding carboxylic acids is 2. The van der Waals surface area contributed by atoms with E-state index in [0.29, 0.717) is 30.0 Å². The van der Waals surface area contributed by atoms with Crippen LogP contribution >= 0.6 is 0 Å². The van der Waals surface area contributed by atoms with E-state index in [1.165, 1.54) is 4.90 Å². The van der Waals surface area contributed by atoms with Crippen LogP contribution in [0.15, 0.2) is 48.0 Å². The number of fused-ring (bicyclic) bond motifs is 1. The van der Waals surface area contributed by atoms with Gasteiger partial charge in [0, 0.05) is 25.1 Å². The Hall–Kier alpha value is -3.32. The molecule has 1 amide bonds. The first-order valence-electron chi connectivity index (χ1n) is 11.3. The fourth-order valence-corrected chi connectivity index (χ4v) is 4.96. The summed E-state index contributed by atoms with van der Waals surface area (Å²) in [5.41, 5.74) is 2.25. The van der Waals surface area contributed by atoms with Crippen molar-refractivity contribution in [1.82, 2.24) is 4.90 Å². The highest BCUT2D eigenvalue weighted by molar-refractivity contribution is 6.46. The molecule has 172 valence electrons. The van der Waals surface area contributed by atoms with E-state index < -0.39 is 17.7 Å². The Kier molecular flexibility index (Phi) is 5.58. The van der Waals surface area contributed by atoms with Gasteiger partial charge < -0.3 is 24.2 Å². The number of ketones is 1. The van der Waals surface area contributed by atoms with Crippen LogP contribution in [0.3, 0.4) is 0 Å². The number of hydrogen-bond donors (Lipinski definition) is 1. The second-order valence-electron chi connectivity index (χ2n) is 8.82. The number of amides is 1. The largest absolute Gasteiger partial charge is 0.507 e. The molecule has 0 unspecified atom stereocenters. The molecule has 3 atom stereocenters. The summed E-state index contributed by atoms with van der Waals surface area (Å²) in [6, 6.07) is 11.9. The smallest absolute Gasteiger partial charge is 0.295 e. The molecule has 0 saturated carbocycles. The maximum atomic E-state index is 13.2. The van der Waals surface area contributed by atoms with Gasteiger partial charge in [-0.1, -0.05) is 12.1 Å². The zero-order valence-electron chi connectivity index (χ0n) is 18.7. The number of methoxy groups -OCH3 is 1. The molecular weight excluding hydrogens is 422 g/mol. The van der Waals surface area contributed by atoms with Crippen LogP contribution in [0, 0.1) is 0 Å². The van der Waals surface area contributed by atoms with Crippen LogP contribution in [0.2, 0.25) is 0 Å². The summed E-state index contributed by atoms with van der Waals surface area (Å²) in [5.74, 6) is -0.110. The van der Waals surface area contributed by atoms with Crippen LogP contribution < -0.4 is 9.47 Å². The van der Waals surface area contributed by atoms with Gasteiger partial charge in [0.05, 0.1) is 24.8 Å². The van der Waals surface area contributed by atoms with Gasteiger partial charge in [-0.05, 0) is 61.2 Å². The SMILES string of the molecule is COc1cccc([C@@H]2C(=C(O)c3ccc4c(c3)C[C@H](C)O4)C(=O)C(=O)N2C[C@@H]2CCCO2)c1. The zero-order valence-corrected chi connectivity index (χ0v) is 18.7. The predicted molar refractivity (Wildman–Crippen MR) is 121 cm³/mol. The van der Waals surface area contributed by atoms with Gasteiger partial charge in [0.2, 0.25) is 0 Å². The summed E-state index contributed by atoms with van der Waals surface area (Å²) >= 11 is 0. The molecule has 7 nitrogen and oxygen atoms in total. The maximum absolute atomic E-state index is 13.2. The molecule has 5 rings (SSSR count). The van der Waals surface area contributed by atoms with Crippen molar-refractivity contribution in [2.75, 3.05) is 20.3 Å². The summed E-state index contributed by atoms with van der Waals surface area (Å²) in [7, 11) is 1.57. The molecule has 3 heterocycles. The van der Waals surface area contributed by atoms with Crippen molar-refractivity contribution < 1.29 is 28.9 Å². The fourth-order valence-electron chi connectivity index (χ4n) is 4.96. The molecular formula is C26H27NO6. The van der Waals surface area contributed by atoms with Crippen LogP contribution in [-0.2, 0) is 20.7 Å². The lowest BCUT2D eigenvalue weighted by atomic mass is 9.94. The molecule has 0 aromatic heterocycles.